The molecule has 0 saturated carbocycles. The molecule has 1 aliphatic rings. The van der Waals surface area contributed by atoms with E-state index in [9.17, 15) is 14.7 Å². The number of amides is 1. The molecule has 2 heterocycles. The number of aliphatic hydroxyl groups is 1. The number of methoxy groups -OCH3 is 1. The van der Waals surface area contributed by atoms with Gasteiger partial charge in [-0.2, -0.15) is 0 Å². The molecule has 0 spiro atoms. The molecule has 12 heteroatoms. The molecule has 4 aromatic rings. The number of carbonyl (C=O) groups is 2. The number of thioether (sulfide) groups is 1. The molecule has 0 aliphatic carbocycles. The highest BCUT2D eigenvalue weighted by Crippen LogP contribution is 2.46. The number of aromatic nitrogens is 2. The van der Waals surface area contributed by atoms with Gasteiger partial charge in [-0.15, -0.1) is 10.2 Å². The summed E-state index contributed by atoms with van der Waals surface area (Å²) in [4.78, 5) is 28.7. The number of hydrogen-bond acceptors (Lipinski definition) is 9. The molecule has 1 fully saturated rings. The van der Waals surface area contributed by atoms with Crippen LogP contribution in [0.5, 0.6) is 11.5 Å². The smallest absolute Gasteiger partial charge is 0.301 e. The van der Waals surface area contributed by atoms with Crippen LogP contribution in [-0.2, 0) is 15.3 Å². The second-order valence-corrected chi connectivity index (χ2v) is 13.5. The second-order valence-electron chi connectivity index (χ2n) is 10.5. The standard InChI is InChI=1S/C33H31Cl2N3O5S2/c1-5-6-13-43-25-12-10-20(15-26(25)42-4)28-27(29(39)23-14-18(2)7-8-19(23)3)30(40)31(41)38(28)32-36-37-33(45-32)44-17-21-9-11-22(34)16-24(21)35/h7-12,14-16,28,39H,5-6,13,17H2,1-4H3. The van der Waals surface area contributed by atoms with Gasteiger partial charge in [0.2, 0.25) is 5.13 Å². The summed E-state index contributed by atoms with van der Waals surface area (Å²) in [6.45, 7) is 6.33. The van der Waals surface area contributed by atoms with Crippen molar-refractivity contribution in [3.05, 3.63) is 98.0 Å². The molecular weight excluding hydrogens is 653 g/mol. The summed E-state index contributed by atoms with van der Waals surface area (Å²) < 4.78 is 12.1. The predicted molar refractivity (Wildman–Crippen MR) is 180 cm³/mol. The van der Waals surface area contributed by atoms with E-state index in [0.29, 0.717) is 49.4 Å². The topological polar surface area (TPSA) is 102 Å². The lowest BCUT2D eigenvalue weighted by Crippen LogP contribution is -2.29. The molecule has 1 amide bonds. The average molecular weight is 685 g/mol. The first kappa shape index (κ1) is 32.8. The molecule has 0 bridgehead atoms. The highest BCUT2D eigenvalue weighted by molar-refractivity contribution is 8.00. The molecule has 8 nitrogen and oxygen atoms in total. The maximum Gasteiger partial charge on any atom is 0.301 e. The number of unbranched alkanes of at least 4 members (excludes halogenated alkanes) is 1. The van der Waals surface area contributed by atoms with E-state index >= 15 is 0 Å². The number of ketones is 1. The summed E-state index contributed by atoms with van der Waals surface area (Å²) in [5, 5.41) is 21.5. The quantitative estimate of drug-likeness (QED) is 0.0419. The third-order valence-electron chi connectivity index (χ3n) is 7.32. The normalized spacial score (nSPS) is 16.0. The van der Waals surface area contributed by atoms with Crippen molar-refractivity contribution in [3.63, 3.8) is 0 Å². The zero-order valence-corrected chi connectivity index (χ0v) is 28.2. The van der Waals surface area contributed by atoms with Crippen molar-refractivity contribution in [2.45, 2.75) is 49.7 Å². The molecule has 1 N–H and O–H groups in total. The number of aryl methyl sites for hydroxylation is 2. The summed E-state index contributed by atoms with van der Waals surface area (Å²) in [5.74, 6) is -0.428. The Balaban J connectivity index is 1.58. The molecule has 1 aliphatic heterocycles. The fourth-order valence-corrected chi connectivity index (χ4v) is 7.34. The van der Waals surface area contributed by atoms with Crippen molar-refractivity contribution in [1.29, 1.82) is 0 Å². The summed E-state index contributed by atoms with van der Waals surface area (Å²) >= 11 is 14.9. The number of aliphatic hydroxyl groups excluding tert-OH is 1. The van der Waals surface area contributed by atoms with Crippen LogP contribution in [0.15, 0.2) is 64.5 Å². The Bertz CT molecular complexity index is 1790. The first-order chi connectivity index (χ1) is 21.6. The van der Waals surface area contributed by atoms with Crippen LogP contribution < -0.4 is 14.4 Å². The molecule has 0 radical (unpaired) electrons. The monoisotopic (exact) mass is 683 g/mol. The Morgan fingerprint density at radius 3 is 2.58 bits per heavy atom. The second kappa shape index (κ2) is 14.2. The van der Waals surface area contributed by atoms with Crippen LogP contribution in [0.1, 0.15) is 53.6 Å². The van der Waals surface area contributed by atoms with Gasteiger partial charge in [0.05, 0.1) is 25.3 Å². The first-order valence-electron chi connectivity index (χ1n) is 14.2. The van der Waals surface area contributed by atoms with Crippen LogP contribution in [-0.4, -0.2) is 40.7 Å². The van der Waals surface area contributed by atoms with Crippen LogP contribution in [0.4, 0.5) is 5.13 Å². The fourth-order valence-electron chi connectivity index (χ4n) is 4.92. The minimum Gasteiger partial charge on any atom is -0.507 e. The number of ether oxygens (including phenoxy) is 2. The molecular formula is C33H31Cl2N3O5S2. The zero-order valence-electron chi connectivity index (χ0n) is 25.1. The summed E-state index contributed by atoms with van der Waals surface area (Å²) in [6.07, 6.45) is 1.85. The number of nitrogens with zero attached hydrogens (tertiary/aromatic N) is 3. The molecule has 5 rings (SSSR count). The highest BCUT2D eigenvalue weighted by atomic mass is 35.5. The van der Waals surface area contributed by atoms with Crippen LogP contribution in [0.25, 0.3) is 5.76 Å². The zero-order chi connectivity index (χ0) is 32.2. The molecule has 1 saturated heterocycles. The number of benzene rings is 3. The lowest BCUT2D eigenvalue weighted by atomic mass is 9.93. The minimum absolute atomic E-state index is 0.0484. The lowest BCUT2D eigenvalue weighted by molar-refractivity contribution is -0.132. The molecule has 1 unspecified atom stereocenters. The number of rotatable bonds is 11. The largest absolute Gasteiger partial charge is 0.507 e. The predicted octanol–water partition coefficient (Wildman–Crippen LogP) is 8.57. The molecule has 3 aromatic carbocycles. The van der Waals surface area contributed by atoms with Crippen LogP contribution in [0.3, 0.4) is 0 Å². The minimum atomic E-state index is -1.000. The van der Waals surface area contributed by atoms with Crippen molar-refractivity contribution in [2.75, 3.05) is 18.6 Å². The van der Waals surface area contributed by atoms with Gasteiger partial charge >= 0.3 is 5.91 Å². The Kier molecular flexibility index (Phi) is 10.4. The lowest BCUT2D eigenvalue weighted by Gasteiger charge is -2.23. The van der Waals surface area contributed by atoms with Crippen LogP contribution >= 0.6 is 46.3 Å². The third-order valence-corrected chi connectivity index (χ3v) is 10.0. The summed E-state index contributed by atoms with van der Waals surface area (Å²) in [5.41, 5.74) is 3.49. The van der Waals surface area contributed by atoms with E-state index in [2.05, 4.69) is 17.1 Å². The number of halogens is 2. The maximum atomic E-state index is 13.7. The van der Waals surface area contributed by atoms with Gasteiger partial charge in [0.25, 0.3) is 5.78 Å². The van der Waals surface area contributed by atoms with Crippen molar-refractivity contribution in [2.24, 2.45) is 0 Å². The SMILES string of the molecule is CCCCOc1ccc(C2C(=C(O)c3cc(C)ccc3C)C(=O)C(=O)N2c2nnc(SCc3ccc(Cl)cc3Cl)s2)cc1OC. The molecule has 234 valence electrons. The van der Waals surface area contributed by atoms with Gasteiger partial charge in [0, 0.05) is 21.4 Å². The van der Waals surface area contributed by atoms with Gasteiger partial charge in [0.1, 0.15) is 5.76 Å². The van der Waals surface area contributed by atoms with E-state index < -0.39 is 17.7 Å². The molecule has 1 atom stereocenters. The Labute approximate surface area is 280 Å². The van der Waals surface area contributed by atoms with Gasteiger partial charge < -0.3 is 14.6 Å². The Hall–Kier alpha value is -3.57. The molecule has 45 heavy (non-hydrogen) atoms. The van der Waals surface area contributed by atoms with E-state index in [1.165, 1.54) is 35.1 Å². The van der Waals surface area contributed by atoms with Crippen LogP contribution in [0.2, 0.25) is 10.0 Å². The maximum absolute atomic E-state index is 13.7. The van der Waals surface area contributed by atoms with E-state index in [4.69, 9.17) is 32.7 Å². The van der Waals surface area contributed by atoms with Crippen LogP contribution in [0, 0.1) is 13.8 Å². The van der Waals surface area contributed by atoms with E-state index in [0.717, 1.165) is 29.5 Å². The van der Waals surface area contributed by atoms with Gasteiger partial charge in [0.15, 0.2) is 15.8 Å². The highest BCUT2D eigenvalue weighted by Gasteiger charge is 2.48. The van der Waals surface area contributed by atoms with Gasteiger partial charge in [-0.3, -0.25) is 14.5 Å². The van der Waals surface area contributed by atoms with Gasteiger partial charge in [-0.1, -0.05) is 89.5 Å². The van der Waals surface area contributed by atoms with Crippen molar-refractivity contribution in [1.82, 2.24) is 10.2 Å². The van der Waals surface area contributed by atoms with E-state index in [1.54, 1.807) is 36.4 Å². The van der Waals surface area contributed by atoms with Gasteiger partial charge in [-0.05, 0) is 67.3 Å². The van der Waals surface area contributed by atoms with Gasteiger partial charge in [-0.25, -0.2) is 0 Å². The fraction of sp³-hybridized carbons (Fsp3) is 0.273. The summed E-state index contributed by atoms with van der Waals surface area (Å²) in [7, 11) is 1.53. The van der Waals surface area contributed by atoms with Crippen molar-refractivity contribution in [3.8, 4) is 11.5 Å². The first-order valence-corrected chi connectivity index (χ1v) is 16.8. The van der Waals surface area contributed by atoms with E-state index in [-0.39, 0.29) is 16.5 Å². The summed E-state index contributed by atoms with van der Waals surface area (Å²) in [6, 6.07) is 15.1. The number of Topliss-reactive ketones (excluding diaryl/α,β-unsaturated/α-hetero) is 1. The number of anilines is 1. The van der Waals surface area contributed by atoms with Crippen molar-refractivity contribution >= 4 is 68.9 Å². The average Bonchev–Trinajstić information content (AvgIpc) is 3.59. The van der Waals surface area contributed by atoms with E-state index in [1.807, 2.05) is 32.0 Å². The number of carbonyl (C=O) groups excluding carboxylic acids is 2. The molecule has 1 aromatic heterocycles. The third kappa shape index (κ3) is 6.99. The Morgan fingerprint density at radius 1 is 1.04 bits per heavy atom. The van der Waals surface area contributed by atoms with Crippen molar-refractivity contribution < 1.29 is 24.2 Å². The Morgan fingerprint density at radius 2 is 1.84 bits per heavy atom. The number of hydrogen-bond donors (Lipinski definition) is 1.